The lowest BCUT2D eigenvalue weighted by atomic mass is 10.4. The van der Waals surface area contributed by atoms with Gasteiger partial charge in [0.1, 0.15) is 0 Å². The molecule has 5 nitrogen and oxygen atoms in total. The number of hydrogen-bond acceptors (Lipinski definition) is 3. The summed E-state index contributed by atoms with van der Waals surface area (Å²) in [7, 11) is 3.40. The molecular formula is C8H14N2O3. The lowest BCUT2D eigenvalue weighted by Crippen LogP contribution is -2.31. The van der Waals surface area contributed by atoms with Crippen molar-refractivity contribution in [1.82, 2.24) is 10.2 Å². The molecule has 5 heteroatoms. The number of hydrogen-bond donors (Lipinski definition) is 2. The number of likely N-dealkylation sites (N-methyl/N-ethyl adjacent to an activating group) is 2. The van der Waals surface area contributed by atoms with Crippen molar-refractivity contribution in [3.63, 3.8) is 0 Å². The van der Waals surface area contributed by atoms with Crippen LogP contribution in [0.15, 0.2) is 12.2 Å². The predicted octanol–water partition coefficient (Wildman–Crippen LogP) is -0.695. The van der Waals surface area contributed by atoms with Gasteiger partial charge in [0.15, 0.2) is 0 Å². The van der Waals surface area contributed by atoms with Crippen molar-refractivity contribution < 1.29 is 14.7 Å². The molecule has 0 aromatic rings. The summed E-state index contributed by atoms with van der Waals surface area (Å²) < 4.78 is 0. The van der Waals surface area contributed by atoms with Crippen LogP contribution in [-0.2, 0) is 9.59 Å². The maximum atomic E-state index is 11.1. The van der Waals surface area contributed by atoms with Crippen molar-refractivity contribution in [2.24, 2.45) is 0 Å². The topological polar surface area (TPSA) is 69.6 Å². The first kappa shape index (κ1) is 11.6. The molecule has 0 saturated heterocycles. The second-order valence-corrected chi connectivity index (χ2v) is 2.53. The zero-order valence-corrected chi connectivity index (χ0v) is 7.78. The minimum absolute atomic E-state index is 0.308. The molecule has 0 bridgehead atoms. The van der Waals surface area contributed by atoms with E-state index in [1.807, 2.05) is 0 Å². The summed E-state index contributed by atoms with van der Waals surface area (Å²) in [4.78, 5) is 22.6. The Morgan fingerprint density at radius 1 is 1.46 bits per heavy atom. The van der Waals surface area contributed by atoms with Crippen LogP contribution in [0.4, 0.5) is 0 Å². The maximum Gasteiger partial charge on any atom is 0.328 e. The molecule has 0 rings (SSSR count). The number of amides is 1. The van der Waals surface area contributed by atoms with Crippen molar-refractivity contribution in [1.29, 1.82) is 0 Å². The highest BCUT2D eigenvalue weighted by molar-refractivity contribution is 5.93. The zero-order chi connectivity index (χ0) is 10.3. The Balaban J connectivity index is 3.89. The Bertz CT molecular complexity index is 213. The number of rotatable bonds is 5. The van der Waals surface area contributed by atoms with Crippen molar-refractivity contribution in [3.05, 3.63) is 12.2 Å². The number of nitrogens with zero attached hydrogens (tertiary/aromatic N) is 1. The lowest BCUT2D eigenvalue weighted by Gasteiger charge is -2.13. The van der Waals surface area contributed by atoms with Gasteiger partial charge in [-0.1, -0.05) is 0 Å². The van der Waals surface area contributed by atoms with E-state index < -0.39 is 5.97 Å². The van der Waals surface area contributed by atoms with Crippen LogP contribution in [0.5, 0.6) is 0 Å². The van der Waals surface area contributed by atoms with Gasteiger partial charge in [0.25, 0.3) is 0 Å². The number of carboxylic acids is 1. The average molecular weight is 186 g/mol. The summed E-state index contributed by atoms with van der Waals surface area (Å²) in [5, 5.41) is 11.1. The molecule has 0 radical (unpaired) electrons. The molecule has 0 saturated carbocycles. The number of carbonyl (C=O) groups is 2. The first-order valence-corrected chi connectivity index (χ1v) is 3.88. The highest BCUT2D eigenvalue weighted by Crippen LogP contribution is 1.85. The number of nitrogens with one attached hydrogen (secondary N) is 1. The minimum Gasteiger partial charge on any atom is -0.478 e. The number of carboxylic acid groups (broad SMARTS) is 1. The molecule has 0 aliphatic heterocycles. The van der Waals surface area contributed by atoms with Gasteiger partial charge in [-0.3, -0.25) is 4.79 Å². The first-order valence-electron chi connectivity index (χ1n) is 3.88. The van der Waals surface area contributed by atoms with Gasteiger partial charge in [-0.25, -0.2) is 4.79 Å². The average Bonchev–Trinajstić information content (AvgIpc) is 2.10. The molecule has 0 unspecified atom stereocenters. The lowest BCUT2D eigenvalue weighted by molar-refractivity contribution is -0.132. The Kier molecular flexibility index (Phi) is 5.54. The van der Waals surface area contributed by atoms with Gasteiger partial charge in [-0.15, -0.1) is 0 Å². The molecule has 74 valence electrons. The van der Waals surface area contributed by atoms with Crippen LogP contribution in [0, 0.1) is 0 Å². The summed E-state index contributed by atoms with van der Waals surface area (Å²) in [6.45, 7) is 1.24. The molecule has 0 aromatic heterocycles. The Morgan fingerprint density at radius 2 is 2.08 bits per heavy atom. The third-order valence-corrected chi connectivity index (χ3v) is 1.44. The standard InChI is InChI=1S/C8H14N2O3/c1-9-5-6-10(2)7(11)3-4-8(12)13/h3-4,9H,5-6H2,1-2H3,(H,12,13). The van der Waals surface area contributed by atoms with E-state index in [4.69, 9.17) is 5.11 Å². The largest absolute Gasteiger partial charge is 0.478 e. The van der Waals surface area contributed by atoms with Gasteiger partial charge < -0.3 is 15.3 Å². The molecule has 0 heterocycles. The highest BCUT2D eigenvalue weighted by atomic mass is 16.4. The highest BCUT2D eigenvalue weighted by Gasteiger charge is 2.03. The van der Waals surface area contributed by atoms with E-state index in [0.29, 0.717) is 13.1 Å². The smallest absolute Gasteiger partial charge is 0.328 e. The summed E-state index contributed by atoms with van der Waals surface area (Å²) in [6.07, 6.45) is 1.87. The fourth-order valence-corrected chi connectivity index (χ4v) is 0.660. The molecular weight excluding hydrogens is 172 g/mol. The van der Waals surface area contributed by atoms with Crippen molar-refractivity contribution in [2.75, 3.05) is 27.2 Å². The number of carbonyl (C=O) groups excluding carboxylic acids is 1. The van der Waals surface area contributed by atoms with E-state index in [1.54, 1.807) is 14.1 Å². The first-order chi connectivity index (χ1) is 6.07. The van der Waals surface area contributed by atoms with Gasteiger partial charge in [0, 0.05) is 32.3 Å². The van der Waals surface area contributed by atoms with E-state index in [0.717, 1.165) is 12.2 Å². The molecule has 0 atom stereocenters. The Morgan fingerprint density at radius 3 is 2.54 bits per heavy atom. The summed E-state index contributed by atoms with van der Waals surface area (Å²) in [5.74, 6) is -1.42. The Labute approximate surface area is 77.0 Å². The van der Waals surface area contributed by atoms with Crippen LogP contribution in [-0.4, -0.2) is 49.1 Å². The fraction of sp³-hybridized carbons (Fsp3) is 0.500. The molecule has 13 heavy (non-hydrogen) atoms. The van der Waals surface area contributed by atoms with Crippen LogP contribution in [0.3, 0.4) is 0 Å². The van der Waals surface area contributed by atoms with E-state index in [9.17, 15) is 9.59 Å². The van der Waals surface area contributed by atoms with Gasteiger partial charge in [0.05, 0.1) is 0 Å². The molecule has 1 amide bonds. The second-order valence-electron chi connectivity index (χ2n) is 2.53. The molecule has 2 N–H and O–H groups in total. The quantitative estimate of drug-likeness (QED) is 0.557. The van der Waals surface area contributed by atoms with Crippen LogP contribution in [0.2, 0.25) is 0 Å². The van der Waals surface area contributed by atoms with Gasteiger partial charge in [0.2, 0.25) is 5.91 Å². The fourth-order valence-electron chi connectivity index (χ4n) is 0.660. The molecule has 0 aliphatic rings. The van der Waals surface area contributed by atoms with Gasteiger partial charge in [-0.05, 0) is 7.05 Å². The Hall–Kier alpha value is -1.36. The van der Waals surface area contributed by atoms with E-state index in [1.165, 1.54) is 4.90 Å². The second kappa shape index (κ2) is 6.19. The van der Waals surface area contributed by atoms with Gasteiger partial charge in [-0.2, -0.15) is 0 Å². The van der Waals surface area contributed by atoms with E-state index >= 15 is 0 Å². The molecule has 0 aliphatic carbocycles. The summed E-state index contributed by atoms with van der Waals surface area (Å²) >= 11 is 0. The molecule has 0 spiro atoms. The minimum atomic E-state index is -1.12. The van der Waals surface area contributed by atoms with Crippen LogP contribution in [0.25, 0.3) is 0 Å². The third kappa shape index (κ3) is 5.86. The van der Waals surface area contributed by atoms with Crippen molar-refractivity contribution in [2.45, 2.75) is 0 Å². The molecule has 0 fully saturated rings. The SMILES string of the molecule is CNCCN(C)C(=O)C=CC(=O)O. The molecule has 0 aromatic carbocycles. The number of aliphatic carboxylic acids is 1. The van der Waals surface area contributed by atoms with E-state index in [-0.39, 0.29) is 5.91 Å². The summed E-state index contributed by atoms with van der Waals surface area (Å²) in [6, 6.07) is 0. The van der Waals surface area contributed by atoms with Crippen molar-refractivity contribution in [3.8, 4) is 0 Å². The predicted molar refractivity (Wildman–Crippen MR) is 48.3 cm³/mol. The van der Waals surface area contributed by atoms with Crippen LogP contribution < -0.4 is 5.32 Å². The maximum absolute atomic E-state index is 11.1. The van der Waals surface area contributed by atoms with Crippen LogP contribution in [0.1, 0.15) is 0 Å². The normalized spacial score (nSPS) is 10.3. The third-order valence-electron chi connectivity index (χ3n) is 1.44. The van der Waals surface area contributed by atoms with Gasteiger partial charge >= 0.3 is 5.97 Å². The van der Waals surface area contributed by atoms with E-state index in [2.05, 4.69) is 5.32 Å². The van der Waals surface area contributed by atoms with Crippen LogP contribution >= 0.6 is 0 Å². The monoisotopic (exact) mass is 186 g/mol. The summed E-state index contributed by atoms with van der Waals surface area (Å²) in [5.41, 5.74) is 0. The van der Waals surface area contributed by atoms with Crippen molar-refractivity contribution >= 4 is 11.9 Å². The zero-order valence-electron chi connectivity index (χ0n) is 7.78.